The highest BCUT2D eigenvalue weighted by Gasteiger charge is 2.49. The number of nitrogen functional groups attached to an aromatic ring is 1. The number of aromatic amines is 1. The molecule has 0 aliphatic carbocycles. The zero-order chi connectivity index (χ0) is 24.1. The van der Waals surface area contributed by atoms with Crippen molar-refractivity contribution in [1.29, 1.82) is 0 Å². The maximum atomic E-state index is 11.9. The lowest BCUT2D eigenvalue weighted by Gasteiger charge is -2.22. The molecule has 0 radical (unpaired) electrons. The molecule has 0 amide bonds. The van der Waals surface area contributed by atoms with Crippen LogP contribution in [0.3, 0.4) is 0 Å². The first-order valence-corrected chi connectivity index (χ1v) is 13.6. The van der Waals surface area contributed by atoms with Gasteiger partial charge in [0.2, 0.25) is 10.8 Å². The van der Waals surface area contributed by atoms with Crippen molar-refractivity contribution in [2.24, 2.45) is 0 Å². The van der Waals surface area contributed by atoms with E-state index < -0.39 is 58.5 Å². The van der Waals surface area contributed by atoms with Gasteiger partial charge in [0.15, 0.2) is 11.2 Å². The first-order valence-electron chi connectivity index (χ1n) is 8.37. The third-order valence-electron chi connectivity index (χ3n) is 4.13. The largest absolute Gasteiger partial charge is 0.479 e. The molecule has 2 aromatic rings. The normalized spacial score (nSPS) is 26.6. The average Bonchev–Trinajstić information content (AvgIpc) is 3.21. The number of H-pyrrole nitrogens is 1. The maximum Gasteiger partial charge on any atom is 0.479 e. The van der Waals surface area contributed by atoms with Gasteiger partial charge in [-0.3, -0.25) is 28.0 Å². The molecule has 1 saturated heterocycles. The Labute approximate surface area is 182 Å². The first kappa shape index (κ1) is 25.4. The van der Waals surface area contributed by atoms with Gasteiger partial charge in [-0.15, -0.1) is 0 Å². The van der Waals surface area contributed by atoms with Crippen LogP contribution < -0.4 is 11.3 Å². The van der Waals surface area contributed by atoms with Gasteiger partial charge in [0.1, 0.15) is 12.3 Å². The van der Waals surface area contributed by atoms with Crippen LogP contribution in [-0.2, 0) is 27.3 Å². The van der Waals surface area contributed by atoms with Gasteiger partial charge < -0.3 is 35.2 Å². The topological polar surface area (TPSA) is 270 Å². The van der Waals surface area contributed by atoms with Gasteiger partial charge >= 0.3 is 23.0 Å². The lowest BCUT2D eigenvalue weighted by molar-refractivity contribution is -0.0421. The molecule has 1 aliphatic heterocycles. The van der Waals surface area contributed by atoms with Crippen molar-refractivity contribution in [3.63, 3.8) is 0 Å². The number of fused-ring (bicyclic) bond motifs is 1. The van der Waals surface area contributed by atoms with Crippen molar-refractivity contribution in [3.8, 4) is 0 Å². The summed E-state index contributed by atoms with van der Waals surface area (Å²) in [6.45, 7) is -0.836. The van der Waals surface area contributed by atoms with Gasteiger partial charge in [-0.25, -0.2) is 13.9 Å². The molecule has 0 aromatic carbocycles. The summed E-state index contributed by atoms with van der Waals surface area (Å²) < 4.78 is 50.0. The number of nitrogens with one attached hydrogen (secondary N) is 1. The summed E-state index contributed by atoms with van der Waals surface area (Å²) in [7, 11) is -16.2. The van der Waals surface area contributed by atoms with E-state index >= 15 is 0 Å². The number of halogens is 1. The Balaban J connectivity index is 1.68. The van der Waals surface area contributed by atoms with Crippen molar-refractivity contribution < 1.29 is 51.9 Å². The fraction of sp³-hybridized carbons (Fsp3) is 0.545. The van der Waals surface area contributed by atoms with Gasteiger partial charge in [-0.05, 0) is 0 Å². The summed E-state index contributed by atoms with van der Waals surface area (Å²) in [5.74, 6) is -0.192. The number of hydrogen-bond donors (Lipinski definition) is 7. The van der Waals surface area contributed by atoms with Crippen molar-refractivity contribution >= 4 is 51.7 Å². The van der Waals surface area contributed by atoms with E-state index in [9.17, 15) is 33.4 Å². The molecule has 1 fully saturated rings. The molecule has 3 rings (SSSR count). The van der Waals surface area contributed by atoms with E-state index in [2.05, 4.69) is 23.8 Å². The molecule has 3 heterocycles. The molecule has 6 atom stereocenters. The molecular formula is C11H17ClN5O12P3. The SMILES string of the molecule is Nc1nc2c(ncn2[C@H]2C[C@H](O)[C@@H](COP(=O)(O)OP(=O)(O)[C@H](Cl)P(=O)(O)O)O2)c(=O)[nH]1. The molecule has 32 heavy (non-hydrogen) atoms. The van der Waals surface area contributed by atoms with Crippen LogP contribution in [0.1, 0.15) is 12.6 Å². The summed E-state index contributed by atoms with van der Waals surface area (Å²) >= 11 is 5.15. The number of phosphoric ester groups is 1. The summed E-state index contributed by atoms with van der Waals surface area (Å²) in [5.41, 5.74) is 4.90. The Hall–Kier alpha value is -1.19. The highest BCUT2D eigenvalue weighted by molar-refractivity contribution is 7.77. The van der Waals surface area contributed by atoms with Crippen molar-refractivity contribution in [2.75, 3.05) is 12.3 Å². The van der Waals surface area contributed by atoms with E-state index in [0.717, 1.165) is 0 Å². The number of aliphatic hydroxyl groups excluding tert-OH is 1. The summed E-state index contributed by atoms with van der Waals surface area (Å²) in [4.78, 5) is 55.9. The van der Waals surface area contributed by atoms with Crippen LogP contribution in [0.15, 0.2) is 11.1 Å². The van der Waals surface area contributed by atoms with Crippen LogP contribution in [0.25, 0.3) is 11.2 Å². The van der Waals surface area contributed by atoms with Gasteiger partial charge in [-0.1, -0.05) is 11.6 Å². The predicted octanol–water partition coefficient (Wildman–Crippen LogP) is -0.631. The van der Waals surface area contributed by atoms with Gasteiger partial charge in [-0.2, -0.15) is 4.98 Å². The minimum absolute atomic E-state index is 0.0491. The van der Waals surface area contributed by atoms with Gasteiger partial charge in [0.05, 0.1) is 19.0 Å². The van der Waals surface area contributed by atoms with Crippen LogP contribution in [0, 0.1) is 0 Å². The Morgan fingerprint density at radius 3 is 2.62 bits per heavy atom. The molecule has 1 aliphatic rings. The Kier molecular flexibility index (Phi) is 7.05. The lowest BCUT2D eigenvalue weighted by atomic mass is 10.2. The number of imidazole rings is 1. The number of aliphatic hydroxyl groups is 1. The van der Waals surface area contributed by atoms with Crippen molar-refractivity contribution in [3.05, 3.63) is 16.7 Å². The molecule has 21 heteroatoms. The monoisotopic (exact) mass is 539 g/mol. The first-order chi connectivity index (χ1) is 14.6. The number of rotatable bonds is 8. The van der Waals surface area contributed by atoms with Crippen LogP contribution in [0.2, 0.25) is 0 Å². The molecule has 2 aromatic heterocycles. The molecule has 2 unspecified atom stereocenters. The van der Waals surface area contributed by atoms with Crippen LogP contribution in [-0.4, -0.2) is 67.9 Å². The Bertz CT molecular complexity index is 1210. The zero-order valence-electron chi connectivity index (χ0n) is 15.5. The number of anilines is 1. The van der Waals surface area contributed by atoms with Gasteiger partial charge in [0.25, 0.3) is 5.56 Å². The Morgan fingerprint density at radius 2 is 2.00 bits per heavy atom. The highest BCUT2D eigenvalue weighted by atomic mass is 35.5. The van der Waals surface area contributed by atoms with E-state index in [4.69, 9.17) is 31.9 Å². The quantitative estimate of drug-likeness (QED) is 0.162. The number of nitrogens with two attached hydrogens (primary N) is 1. The highest BCUT2D eigenvalue weighted by Crippen LogP contribution is 2.71. The Morgan fingerprint density at radius 1 is 1.34 bits per heavy atom. The molecule has 180 valence electrons. The fourth-order valence-electron chi connectivity index (χ4n) is 2.76. The fourth-order valence-corrected chi connectivity index (χ4v) is 7.00. The van der Waals surface area contributed by atoms with Crippen LogP contribution in [0.4, 0.5) is 5.95 Å². The van der Waals surface area contributed by atoms with Gasteiger partial charge in [0, 0.05) is 6.42 Å². The summed E-state index contributed by atoms with van der Waals surface area (Å²) in [5, 5.41) is 10.2. The van der Waals surface area contributed by atoms with Crippen molar-refractivity contribution in [1.82, 2.24) is 19.5 Å². The minimum Gasteiger partial charge on any atom is -0.390 e. The maximum absolute atomic E-state index is 11.9. The second-order valence-electron chi connectivity index (χ2n) is 6.52. The number of aromatic nitrogens is 4. The lowest BCUT2D eigenvalue weighted by Crippen LogP contribution is -2.26. The summed E-state index contributed by atoms with van der Waals surface area (Å²) in [6.07, 6.45) is -2.36. The predicted molar refractivity (Wildman–Crippen MR) is 105 cm³/mol. The number of nitrogens with zero attached hydrogens (tertiary/aromatic N) is 3. The zero-order valence-corrected chi connectivity index (χ0v) is 19.0. The molecule has 0 saturated carbocycles. The van der Waals surface area contributed by atoms with Crippen LogP contribution in [0.5, 0.6) is 0 Å². The number of ether oxygens (including phenoxy) is 1. The minimum atomic E-state index is -5.50. The molecule has 0 bridgehead atoms. The molecule has 8 N–H and O–H groups in total. The number of alkyl halides is 1. The van der Waals surface area contributed by atoms with Crippen molar-refractivity contribution in [2.45, 2.75) is 29.7 Å². The van der Waals surface area contributed by atoms with E-state index in [1.165, 1.54) is 10.9 Å². The van der Waals surface area contributed by atoms with E-state index in [1.54, 1.807) is 0 Å². The molecule has 0 spiro atoms. The second kappa shape index (κ2) is 8.87. The van der Waals surface area contributed by atoms with Crippen LogP contribution >= 0.6 is 34.6 Å². The summed E-state index contributed by atoms with van der Waals surface area (Å²) in [6, 6.07) is 0. The number of phosphoric acid groups is 1. The van der Waals surface area contributed by atoms with E-state index in [1.807, 2.05) is 0 Å². The molecular weight excluding hydrogens is 523 g/mol. The molecule has 17 nitrogen and oxygen atoms in total. The standard InChI is InChI=1S/C11H17ClN5O12P3/c12-10(30(20,21)22)31(23,24)29-32(25,26)27-2-5-4(18)1-6(28-5)17-3-14-7-8(17)15-11(13)16-9(7)19/h3-6,10,18H,1-2H2,(H,23,24)(H,25,26)(H2,20,21,22)(H3,13,15,16,19)/t4-,5+,6+,10+/m0/s1. The van der Waals surface area contributed by atoms with E-state index in [-0.39, 0.29) is 23.5 Å². The average molecular weight is 540 g/mol. The number of hydrogen-bond acceptors (Lipinski definition) is 11. The third-order valence-corrected chi connectivity index (χ3v) is 10.7. The third kappa shape index (κ3) is 5.47. The second-order valence-corrected chi connectivity index (χ2v) is 13.2. The smallest absolute Gasteiger partial charge is 0.390 e. The van der Waals surface area contributed by atoms with E-state index in [0.29, 0.717) is 0 Å².